The average Bonchev–Trinajstić information content (AvgIpc) is 2.52. The molecule has 0 amide bonds. The molecule has 1 aromatic rings. The van der Waals surface area contributed by atoms with E-state index in [1.807, 2.05) is 0 Å². The molecule has 15 heavy (non-hydrogen) atoms. The van der Waals surface area contributed by atoms with E-state index in [0.717, 1.165) is 6.42 Å². The third-order valence-electron chi connectivity index (χ3n) is 3.30. The topological polar surface area (TPSA) is 44.0 Å². The molecule has 1 aliphatic carbocycles. The molecular formula is C11H16N2O2. The summed E-state index contributed by atoms with van der Waals surface area (Å²) in [5.41, 5.74) is -0.0263. The molecule has 1 saturated carbocycles. The minimum atomic E-state index is -0.0263. The van der Waals surface area contributed by atoms with E-state index in [1.165, 1.54) is 0 Å². The third-order valence-corrected chi connectivity index (χ3v) is 3.30. The van der Waals surface area contributed by atoms with Crippen molar-refractivity contribution >= 4 is 5.78 Å². The number of rotatable bonds is 1. The predicted octanol–water partition coefficient (Wildman–Crippen LogP) is 1.12. The van der Waals surface area contributed by atoms with E-state index in [9.17, 15) is 9.59 Å². The maximum absolute atomic E-state index is 11.7. The van der Waals surface area contributed by atoms with Crippen molar-refractivity contribution in [2.24, 2.45) is 13.0 Å². The number of aromatic nitrogens is 2. The molecule has 0 radical (unpaired) electrons. The fraction of sp³-hybridized carbons (Fsp3) is 0.636. The molecule has 0 N–H and O–H groups in total. The van der Waals surface area contributed by atoms with Crippen molar-refractivity contribution in [2.75, 3.05) is 0 Å². The monoisotopic (exact) mass is 208 g/mol. The number of nitrogens with zero attached hydrogens (tertiary/aromatic N) is 2. The first-order valence-corrected chi connectivity index (χ1v) is 5.34. The minimum absolute atomic E-state index is 0.0263. The van der Waals surface area contributed by atoms with Crippen LogP contribution in [0.5, 0.6) is 0 Å². The van der Waals surface area contributed by atoms with Gasteiger partial charge in [0.25, 0.3) is 0 Å². The summed E-state index contributed by atoms with van der Waals surface area (Å²) in [4.78, 5) is 23.1. The molecule has 1 aromatic heterocycles. The van der Waals surface area contributed by atoms with E-state index in [1.54, 1.807) is 28.6 Å². The van der Waals surface area contributed by atoms with Crippen molar-refractivity contribution in [3.63, 3.8) is 0 Å². The summed E-state index contributed by atoms with van der Waals surface area (Å²) in [6.07, 6.45) is 5.59. The molecule has 0 bridgehead atoms. The van der Waals surface area contributed by atoms with E-state index in [0.29, 0.717) is 18.8 Å². The first-order chi connectivity index (χ1) is 7.09. The van der Waals surface area contributed by atoms with E-state index in [4.69, 9.17) is 0 Å². The van der Waals surface area contributed by atoms with E-state index >= 15 is 0 Å². The van der Waals surface area contributed by atoms with Crippen LogP contribution in [0.4, 0.5) is 0 Å². The smallest absolute Gasteiger partial charge is 0.302 e. The number of aryl methyl sites for hydroxylation is 1. The Bertz CT molecular complexity index is 430. The van der Waals surface area contributed by atoms with Crippen LogP contribution in [-0.4, -0.2) is 14.9 Å². The van der Waals surface area contributed by atoms with Gasteiger partial charge in [-0.05, 0) is 12.3 Å². The Morgan fingerprint density at radius 2 is 2.07 bits per heavy atom. The lowest BCUT2D eigenvalue weighted by atomic mass is 9.85. The molecule has 82 valence electrons. The van der Waals surface area contributed by atoms with Crippen LogP contribution in [0, 0.1) is 5.92 Å². The van der Waals surface area contributed by atoms with Crippen molar-refractivity contribution in [3.8, 4) is 0 Å². The summed E-state index contributed by atoms with van der Waals surface area (Å²) in [6.45, 7) is 2.11. The minimum Gasteiger partial charge on any atom is -0.302 e. The number of carbonyl (C=O) groups excluding carboxylic acids is 1. The Kier molecular flexibility index (Phi) is 2.50. The SMILES string of the molecule is CC1CCC(=O)CC1n1ccn(C)c1=O. The van der Waals surface area contributed by atoms with Crippen LogP contribution < -0.4 is 5.69 Å². The number of imidazole rings is 1. The van der Waals surface area contributed by atoms with Gasteiger partial charge < -0.3 is 4.57 Å². The molecule has 4 heteroatoms. The highest BCUT2D eigenvalue weighted by Gasteiger charge is 2.28. The number of hydrogen-bond donors (Lipinski definition) is 0. The molecule has 0 saturated heterocycles. The first-order valence-electron chi connectivity index (χ1n) is 5.34. The van der Waals surface area contributed by atoms with Crippen LogP contribution in [0.15, 0.2) is 17.2 Å². The maximum atomic E-state index is 11.7. The Morgan fingerprint density at radius 1 is 1.33 bits per heavy atom. The highest BCUT2D eigenvalue weighted by Crippen LogP contribution is 2.30. The fourth-order valence-electron chi connectivity index (χ4n) is 2.22. The van der Waals surface area contributed by atoms with Crippen LogP contribution >= 0.6 is 0 Å². The van der Waals surface area contributed by atoms with Crippen molar-refractivity contribution in [1.29, 1.82) is 0 Å². The molecule has 2 unspecified atom stereocenters. The Hall–Kier alpha value is -1.32. The van der Waals surface area contributed by atoms with Gasteiger partial charge in [-0.1, -0.05) is 6.92 Å². The van der Waals surface area contributed by atoms with Crippen molar-refractivity contribution in [1.82, 2.24) is 9.13 Å². The molecule has 2 rings (SSSR count). The highest BCUT2D eigenvalue weighted by atomic mass is 16.2. The van der Waals surface area contributed by atoms with Gasteiger partial charge in [-0.25, -0.2) is 4.79 Å². The van der Waals surface area contributed by atoms with Crippen LogP contribution in [0.25, 0.3) is 0 Å². The lowest BCUT2D eigenvalue weighted by Gasteiger charge is -2.28. The van der Waals surface area contributed by atoms with Crippen LogP contribution in [0.2, 0.25) is 0 Å². The molecule has 1 heterocycles. The number of hydrogen-bond acceptors (Lipinski definition) is 2. The lowest BCUT2D eigenvalue weighted by Crippen LogP contribution is -2.33. The molecule has 1 aliphatic rings. The summed E-state index contributed by atoms with van der Waals surface area (Å²) in [6, 6.07) is 0.0555. The lowest BCUT2D eigenvalue weighted by molar-refractivity contribution is -0.122. The van der Waals surface area contributed by atoms with Gasteiger partial charge in [0.05, 0.1) is 0 Å². The largest absolute Gasteiger partial charge is 0.328 e. The quantitative estimate of drug-likeness (QED) is 0.694. The van der Waals surface area contributed by atoms with Gasteiger partial charge in [0.2, 0.25) is 0 Å². The summed E-state index contributed by atoms with van der Waals surface area (Å²) < 4.78 is 3.24. The first kappa shape index (κ1) is 10.2. The number of carbonyl (C=O) groups is 1. The zero-order valence-electron chi connectivity index (χ0n) is 9.14. The molecule has 0 spiro atoms. The number of Topliss-reactive ketones (excluding diaryl/α,β-unsaturated/α-hetero) is 1. The normalized spacial score (nSPS) is 26.9. The highest BCUT2D eigenvalue weighted by molar-refractivity contribution is 5.79. The summed E-state index contributed by atoms with van der Waals surface area (Å²) in [7, 11) is 1.73. The van der Waals surface area contributed by atoms with Gasteiger partial charge in [0.1, 0.15) is 5.78 Å². The zero-order chi connectivity index (χ0) is 11.0. The Balaban J connectivity index is 2.33. The molecular weight excluding hydrogens is 192 g/mol. The third kappa shape index (κ3) is 1.76. The molecule has 0 aliphatic heterocycles. The van der Waals surface area contributed by atoms with Crippen molar-refractivity contribution in [3.05, 3.63) is 22.9 Å². The van der Waals surface area contributed by atoms with Crippen molar-refractivity contribution in [2.45, 2.75) is 32.2 Å². The van der Waals surface area contributed by atoms with E-state index < -0.39 is 0 Å². The van der Waals surface area contributed by atoms with E-state index in [-0.39, 0.29) is 17.5 Å². The van der Waals surface area contributed by atoms with Gasteiger partial charge >= 0.3 is 5.69 Å². The second-order valence-corrected chi connectivity index (χ2v) is 4.42. The molecule has 2 atom stereocenters. The molecule has 0 aromatic carbocycles. The standard InChI is InChI=1S/C11H16N2O2/c1-8-3-4-9(14)7-10(8)13-6-5-12(2)11(13)15/h5-6,8,10H,3-4,7H2,1-2H3. The Labute approximate surface area is 88.5 Å². The molecule has 1 fully saturated rings. The average molecular weight is 208 g/mol. The maximum Gasteiger partial charge on any atom is 0.328 e. The summed E-state index contributed by atoms with van der Waals surface area (Å²) >= 11 is 0. The van der Waals surface area contributed by atoms with Gasteiger partial charge in [-0.3, -0.25) is 9.36 Å². The second kappa shape index (κ2) is 3.68. The predicted molar refractivity (Wildman–Crippen MR) is 56.7 cm³/mol. The van der Waals surface area contributed by atoms with Gasteiger partial charge in [-0.2, -0.15) is 0 Å². The second-order valence-electron chi connectivity index (χ2n) is 4.42. The Morgan fingerprint density at radius 3 is 2.67 bits per heavy atom. The molecule has 4 nitrogen and oxygen atoms in total. The van der Waals surface area contributed by atoms with Gasteiger partial charge in [0.15, 0.2) is 0 Å². The van der Waals surface area contributed by atoms with Gasteiger partial charge in [0, 0.05) is 38.3 Å². The van der Waals surface area contributed by atoms with E-state index in [2.05, 4.69) is 6.92 Å². The zero-order valence-corrected chi connectivity index (χ0v) is 9.14. The summed E-state index contributed by atoms with van der Waals surface area (Å²) in [5, 5.41) is 0. The van der Waals surface area contributed by atoms with Crippen LogP contribution in [-0.2, 0) is 11.8 Å². The van der Waals surface area contributed by atoms with Crippen molar-refractivity contribution < 1.29 is 4.79 Å². The van der Waals surface area contributed by atoms with Gasteiger partial charge in [-0.15, -0.1) is 0 Å². The van der Waals surface area contributed by atoms with Crippen LogP contribution in [0.3, 0.4) is 0 Å². The van der Waals surface area contributed by atoms with Crippen LogP contribution in [0.1, 0.15) is 32.2 Å². The fourth-order valence-corrected chi connectivity index (χ4v) is 2.22. The number of ketones is 1. The summed E-state index contributed by atoms with van der Waals surface area (Å²) in [5.74, 6) is 0.677.